The summed E-state index contributed by atoms with van der Waals surface area (Å²) in [5.74, 6) is -0.131. The van der Waals surface area contributed by atoms with E-state index in [1.54, 1.807) is 22.2 Å². The number of benzene rings is 1. The van der Waals surface area contributed by atoms with E-state index in [1.807, 2.05) is 54.6 Å². The van der Waals surface area contributed by atoms with Crippen LogP contribution in [0.1, 0.15) is 5.56 Å². The van der Waals surface area contributed by atoms with Crippen LogP contribution in [0.2, 0.25) is 0 Å². The number of para-hydroxylation sites is 1. The molecule has 3 saturated heterocycles. The minimum absolute atomic E-state index is 0.00772. The molecule has 2 amide bonds. The van der Waals surface area contributed by atoms with Crippen LogP contribution in [0, 0.1) is 11.8 Å². The van der Waals surface area contributed by atoms with Gasteiger partial charge in [0.15, 0.2) is 0 Å². The van der Waals surface area contributed by atoms with Crippen LogP contribution in [0.15, 0.2) is 67.0 Å². The molecule has 3 fully saturated rings. The Morgan fingerprint density at radius 3 is 2.81 bits per heavy atom. The highest BCUT2D eigenvalue weighted by molar-refractivity contribution is 5.93. The van der Waals surface area contributed by atoms with Crippen LogP contribution in [0.5, 0.6) is 5.75 Å². The standard InChI is InChI=1S/C24H23N3O4/c28-22(26-13-18(14-26)30-17-6-2-1-3-7-17)20-19-8-9-24(31-19)15-27(23(29)21(20)24)12-16-5-4-10-25-11-16/h1-11,18-21H,12-15H2/t19-,20?,21?,24-/m0/s1. The molecule has 4 atom stereocenters. The predicted octanol–water partition coefficient (Wildman–Crippen LogP) is 1.65. The van der Waals surface area contributed by atoms with Gasteiger partial charge in [-0.3, -0.25) is 14.6 Å². The normalized spacial score (nSPS) is 31.1. The fourth-order valence-corrected chi connectivity index (χ4v) is 5.30. The molecule has 0 N–H and O–H groups in total. The van der Waals surface area contributed by atoms with Gasteiger partial charge in [-0.25, -0.2) is 0 Å². The Bertz CT molecular complexity index is 1040. The highest BCUT2D eigenvalue weighted by Gasteiger charge is 2.67. The van der Waals surface area contributed by atoms with Gasteiger partial charge >= 0.3 is 0 Å². The Labute approximate surface area is 180 Å². The highest BCUT2D eigenvalue weighted by atomic mass is 16.5. The molecule has 31 heavy (non-hydrogen) atoms. The summed E-state index contributed by atoms with van der Waals surface area (Å²) in [7, 11) is 0. The topological polar surface area (TPSA) is 72.0 Å². The Morgan fingerprint density at radius 2 is 2.03 bits per heavy atom. The van der Waals surface area contributed by atoms with Crippen molar-refractivity contribution < 1.29 is 19.1 Å². The summed E-state index contributed by atoms with van der Waals surface area (Å²) < 4.78 is 12.2. The first-order valence-electron chi connectivity index (χ1n) is 10.7. The van der Waals surface area contributed by atoms with Gasteiger partial charge in [0, 0.05) is 18.9 Å². The second-order valence-electron chi connectivity index (χ2n) is 8.75. The lowest BCUT2D eigenvalue weighted by molar-refractivity contribution is -0.150. The molecule has 2 unspecified atom stereocenters. The van der Waals surface area contributed by atoms with Crippen molar-refractivity contribution in [2.45, 2.75) is 24.4 Å². The monoisotopic (exact) mass is 417 g/mol. The van der Waals surface area contributed by atoms with Gasteiger partial charge in [-0.05, 0) is 23.8 Å². The number of rotatable bonds is 5. The van der Waals surface area contributed by atoms with Crippen molar-refractivity contribution in [2.24, 2.45) is 11.8 Å². The molecule has 2 bridgehead atoms. The molecule has 0 radical (unpaired) electrons. The number of nitrogens with zero attached hydrogens (tertiary/aromatic N) is 3. The molecule has 5 heterocycles. The average Bonchev–Trinajstić information content (AvgIpc) is 3.40. The zero-order valence-electron chi connectivity index (χ0n) is 17.0. The van der Waals surface area contributed by atoms with Gasteiger partial charge in [0.2, 0.25) is 11.8 Å². The zero-order chi connectivity index (χ0) is 21.0. The molecule has 2 aromatic rings. The number of hydrogen-bond acceptors (Lipinski definition) is 5. The molecule has 1 aromatic heterocycles. The number of ether oxygens (including phenoxy) is 2. The van der Waals surface area contributed by atoms with Crippen molar-refractivity contribution in [1.29, 1.82) is 0 Å². The van der Waals surface area contributed by atoms with E-state index < -0.39 is 17.4 Å². The highest BCUT2D eigenvalue weighted by Crippen LogP contribution is 2.52. The summed E-state index contributed by atoms with van der Waals surface area (Å²) in [6, 6.07) is 13.4. The van der Waals surface area contributed by atoms with Gasteiger partial charge in [0.05, 0.1) is 37.6 Å². The number of amides is 2. The van der Waals surface area contributed by atoms with E-state index in [1.165, 1.54) is 0 Å². The van der Waals surface area contributed by atoms with Crippen molar-refractivity contribution in [3.05, 3.63) is 72.6 Å². The molecule has 4 aliphatic rings. The quantitative estimate of drug-likeness (QED) is 0.692. The molecular weight excluding hydrogens is 394 g/mol. The second kappa shape index (κ2) is 6.92. The van der Waals surface area contributed by atoms with Gasteiger partial charge in [-0.2, -0.15) is 0 Å². The summed E-state index contributed by atoms with van der Waals surface area (Å²) in [5, 5.41) is 0. The largest absolute Gasteiger partial charge is 0.487 e. The predicted molar refractivity (Wildman–Crippen MR) is 111 cm³/mol. The summed E-state index contributed by atoms with van der Waals surface area (Å²) in [4.78, 5) is 34.4. The van der Waals surface area contributed by atoms with Crippen LogP contribution < -0.4 is 4.74 Å². The van der Waals surface area contributed by atoms with E-state index in [2.05, 4.69) is 4.98 Å². The van der Waals surface area contributed by atoms with E-state index in [-0.39, 0.29) is 24.0 Å². The maximum absolute atomic E-state index is 13.3. The number of hydrogen-bond donors (Lipinski definition) is 0. The zero-order valence-corrected chi connectivity index (χ0v) is 17.0. The van der Waals surface area contributed by atoms with Gasteiger partial charge < -0.3 is 19.3 Å². The summed E-state index contributed by atoms with van der Waals surface area (Å²) in [5.41, 5.74) is 0.284. The van der Waals surface area contributed by atoms with Gasteiger partial charge in [0.25, 0.3) is 0 Å². The number of carbonyl (C=O) groups is 2. The molecule has 4 aliphatic heterocycles. The maximum atomic E-state index is 13.3. The molecule has 0 aliphatic carbocycles. The number of pyridine rings is 1. The van der Waals surface area contributed by atoms with E-state index in [4.69, 9.17) is 9.47 Å². The van der Waals surface area contributed by atoms with Crippen molar-refractivity contribution in [3.63, 3.8) is 0 Å². The third kappa shape index (κ3) is 2.95. The first-order chi connectivity index (χ1) is 15.1. The van der Waals surface area contributed by atoms with E-state index in [0.29, 0.717) is 26.2 Å². The molecule has 158 valence electrons. The summed E-state index contributed by atoms with van der Waals surface area (Å²) >= 11 is 0. The second-order valence-corrected chi connectivity index (χ2v) is 8.75. The van der Waals surface area contributed by atoms with Crippen molar-refractivity contribution >= 4 is 11.8 Å². The fourth-order valence-electron chi connectivity index (χ4n) is 5.30. The number of aromatic nitrogens is 1. The molecule has 6 rings (SSSR count). The molecular formula is C24H23N3O4. The lowest BCUT2D eigenvalue weighted by Crippen LogP contribution is -2.59. The third-order valence-electron chi connectivity index (χ3n) is 6.77. The third-order valence-corrected chi connectivity index (χ3v) is 6.77. The number of likely N-dealkylation sites (tertiary alicyclic amines) is 2. The molecule has 0 saturated carbocycles. The van der Waals surface area contributed by atoms with Gasteiger partial charge in [0.1, 0.15) is 17.5 Å². The van der Waals surface area contributed by atoms with E-state index >= 15 is 0 Å². The minimum atomic E-state index is -0.685. The van der Waals surface area contributed by atoms with Crippen LogP contribution in [-0.2, 0) is 20.9 Å². The molecule has 1 aromatic carbocycles. The van der Waals surface area contributed by atoms with E-state index in [9.17, 15) is 9.59 Å². The Kier molecular flexibility index (Phi) is 4.14. The summed E-state index contributed by atoms with van der Waals surface area (Å²) in [6.45, 7) is 2.02. The first kappa shape index (κ1) is 18.6. The number of fused-ring (bicyclic) bond motifs is 1. The average molecular weight is 417 g/mol. The van der Waals surface area contributed by atoms with Crippen LogP contribution in [-0.4, -0.2) is 64.0 Å². The Hall–Kier alpha value is -3.19. The van der Waals surface area contributed by atoms with Crippen molar-refractivity contribution in [1.82, 2.24) is 14.8 Å². The van der Waals surface area contributed by atoms with Crippen LogP contribution >= 0.6 is 0 Å². The van der Waals surface area contributed by atoms with Crippen LogP contribution in [0.25, 0.3) is 0 Å². The first-order valence-corrected chi connectivity index (χ1v) is 10.7. The van der Waals surface area contributed by atoms with E-state index in [0.717, 1.165) is 11.3 Å². The van der Waals surface area contributed by atoms with Gasteiger partial charge in [-0.15, -0.1) is 0 Å². The lowest BCUT2D eigenvalue weighted by atomic mass is 9.76. The van der Waals surface area contributed by atoms with Crippen molar-refractivity contribution in [2.75, 3.05) is 19.6 Å². The lowest BCUT2D eigenvalue weighted by Gasteiger charge is -2.41. The Balaban J connectivity index is 1.15. The van der Waals surface area contributed by atoms with Gasteiger partial charge in [-0.1, -0.05) is 36.4 Å². The molecule has 1 spiro atoms. The maximum Gasteiger partial charge on any atom is 0.230 e. The smallest absolute Gasteiger partial charge is 0.230 e. The summed E-state index contributed by atoms with van der Waals surface area (Å²) in [6.07, 6.45) is 7.09. The van der Waals surface area contributed by atoms with Crippen LogP contribution in [0.4, 0.5) is 0 Å². The van der Waals surface area contributed by atoms with Crippen LogP contribution in [0.3, 0.4) is 0 Å². The molecule has 7 nitrogen and oxygen atoms in total. The van der Waals surface area contributed by atoms with Crippen molar-refractivity contribution in [3.8, 4) is 5.75 Å². The minimum Gasteiger partial charge on any atom is -0.487 e. The SMILES string of the molecule is O=C(C1C2C(=O)N(Cc3cccnc3)C[C@@]23C=C[C@@H]1O3)N1CC(Oc2ccccc2)C1. The molecule has 7 heteroatoms. The number of carbonyl (C=O) groups excluding carboxylic acids is 2. The fraction of sp³-hybridized carbons (Fsp3) is 0.375. The Morgan fingerprint density at radius 1 is 1.19 bits per heavy atom.